The molecule has 1 heterocycles. The second-order valence-corrected chi connectivity index (χ2v) is 4.98. The molecule has 0 unspecified atom stereocenters. The fraction of sp³-hybridized carbons (Fsp3) is 0.500. The summed E-state index contributed by atoms with van der Waals surface area (Å²) in [5.74, 6) is 1.85. The Balaban J connectivity index is 1.96. The smallest absolute Gasteiger partial charge is 0.191 e. The zero-order chi connectivity index (χ0) is 15.8. The molecule has 0 saturated heterocycles. The fourth-order valence-corrected chi connectivity index (χ4v) is 2.35. The van der Waals surface area contributed by atoms with Crippen LogP contribution in [0.4, 0.5) is 0 Å². The molecule has 0 aliphatic rings. The Labute approximate surface area is 131 Å². The molecule has 0 atom stereocenters. The van der Waals surface area contributed by atoms with Crippen LogP contribution in [-0.2, 0) is 11.3 Å². The molecule has 6 nitrogen and oxygen atoms in total. The van der Waals surface area contributed by atoms with E-state index < -0.39 is 0 Å². The maximum absolute atomic E-state index is 5.02. The van der Waals surface area contributed by atoms with Gasteiger partial charge in [0.25, 0.3) is 0 Å². The third-order valence-electron chi connectivity index (χ3n) is 3.38. The highest BCUT2D eigenvalue weighted by molar-refractivity contribution is 5.79. The first kappa shape index (κ1) is 16.3. The third kappa shape index (κ3) is 4.21. The van der Waals surface area contributed by atoms with Gasteiger partial charge in [-0.25, -0.2) is 4.98 Å². The number of para-hydroxylation sites is 2. The lowest BCUT2D eigenvalue weighted by atomic mass is 10.3. The maximum Gasteiger partial charge on any atom is 0.191 e. The Morgan fingerprint density at radius 2 is 2.14 bits per heavy atom. The van der Waals surface area contributed by atoms with E-state index >= 15 is 0 Å². The van der Waals surface area contributed by atoms with Crippen molar-refractivity contribution in [1.29, 1.82) is 0 Å². The lowest BCUT2D eigenvalue weighted by Crippen LogP contribution is -2.39. The van der Waals surface area contributed by atoms with Crippen LogP contribution in [0, 0.1) is 6.92 Å². The summed E-state index contributed by atoms with van der Waals surface area (Å²) in [5.41, 5.74) is 2.21. The van der Waals surface area contributed by atoms with Gasteiger partial charge in [-0.1, -0.05) is 12.1 Å². The van der Waals surface area contributed by atoms with Crippen molar-refractivity contribution < 1.29 is 4.74 Å². The van der Waals surface area contributed by atoms with Crippen LogP contribution in [0.5, 0.6) is 0 Å². The lowest BCUT2D eigenvalue weighted by molar-refractivity contribution is 0.208. The Morgan fingerprint density at radius 3 is 2.91 bits per heavy atom. The van der Waals surface area contributed by atoms with Gasteiger partial charge in [0.2, 0.25) is 0 Å². The van der Waals surface area contributed by atoms with Crippen molar-refractivity contribution in [1.82, 2.24) is 20.2 Å². The van der Waals surface area contributed by atoms with E-state index in [1.54, 1.807) is 7.11 Å². The molecule has 0 amide bonds. The summed E-state index contributed by atoms with van der Waals surface area (Å²) in [6.07, 6.45) is 0. The fourth-order valence-electron chi connectivity index (χ4n) is 2.35. The van der Waals surface area contributed by atoms with Crippen LogP contribution in [-0.4, -0.2) is 48.9 Å². The Morgan fingerprint density at radius 1 is 1.32 bits per heavy atom. The summed E-state index contributed by atoms with van der Waals surface area (Å²) >= 11 is 0. The topological polar surface area (TPSA) is 63.5 Å². The van der Waals surface area contributed by atoms with Crippen molar-refractivity contribution in [2.75, 3.05) is 33.4 Å². The molecule has 0 saturated carbocycles. The normalized spacial score (nSPS) is 11.9. The number of fused-ring (bicyclic) bond motifs is 1. The first-order chi connectivity index (χ1) is 10.8. The highest BCUT2D eigenvalue weighted by Gasteiger charge is 2.06. The number of guanidine groups is 1. The summed E-state index contributed by atoms with van der Waals surface area (Å²) in [6, 6.07) is 8.21. The molecule has 6 heteroatoms. The van der Waals surface area contributed by atoms with Gasteiger partial charge < -0.3 is 19.9 Å². The molecule has 2 N–H and O–H groups in total. The zero-order valence-corrected chi connectivity index (χ0v) is 13.6. The molecule has 2 rings (SSSR count). The van der Waals surface area contributed by atoms with Crippen molar-refractivity contribution in [3.8, 4) is 0 Å². The van der Waals surface area contributed by atoms with Crippen LogP contribution in [0.25, 0.3) is 11.0 Å². The predicted octanol–water partition coefficient (Wildman–Crippen LogP) is 1.55. The first-order valence-electron chi connectivity index (χ1n) is 7.69. The van der Waals surface area contributed by atoms with Gasteiger partial charge in [0, 0.05) is 26.7 Å². The molecule has 1 aromatic carbocycles. The van der Waals surface area contributed by atoms with E-state index in [1.807, 2.05) is 25.1 Å². The largest absolute Gasteiger partial charge is 0.383 e. The number of hydrogen-bond donors (Lipinski definition) is 2. The van der Waals surface area contributed by atoms with Gasteiger partial charge in [-0.15, -0.1) is 0 Å². The number of aryl methyl sites for hydroxylation is 1. The van der Waals surface area contributed by atoms with Crippen molar-refractivity contribution in [2.24, 2.45) is 4.99 Å². The average Bonchev–Trinajstić information content (AvgIpc) is 2.83. The molecule has 120 valence electrons. The van der Waals surface area contributed by atoms with E-state index in [9.17, 15) is 0 Å². The summed E-state index contributed by atoms with van der Waals surface area (Å²) in [4.78, 5) is 9.03. The molecule has 0 fully saturated rings. The zero-order valence-electron chi connectivity index (χ0n) is 13.6. The van der Waals surface area contributed by atoms with E-state index in [2.05, 4.69) is 38.2 Å². The van der Waals surface area contributed by atoms with Crippen molar-refractivity contribution >= 4 is 17.0 Å². The van der Waals surface area contributed by atoms with Crippen molar-refractivity contribution in [3.63, 3.8) is 0 Å². The third-order valence-corrected chi connectivity index (χ3v) is 3.38. The van der Waals surface area contributed by atoms with Crippen molar-refractivity contribution in [2.45, 2.75) is 20.4 Å². The van der Waals surface area contributed by atoms with E-state index in [-0.39, 0.29) is 0 Å². The van der Waals surface area contributed by atoms with Gasteiger partial charge in [-0.2, -0.15) is 0 Å². The minimum absolute atomic E-state index is 0.627. The predicted molar refractivity (Wildman–Crippen MR) is 90.3 cm³/mol. The number of methoxy groups -OCH3 is 1. The summed E-state index contributed by atoms with van der Waals surface area (Å²) < 4.78 is 7.25. The highest BCUT2D eigenvalue weighted by Crippen LogP contribution is 2.14. The van der Waals surface area contributed by atoms with Gasteiger partial charge in [0.05, 0.1) is 24.2 Å². The SMILES string of the molecule is CCNC(=NCCOC)NCCn1c(C)nc2ccccc21. The molecule has 0 aliphatic heterocycles. The van der Waals surface area contributed by atoms with Crippen LogP contribution in [0.3, 0.4) is 0 Å². The molecule has 2 aromatic rings. The van der Waals surface area contributed by atoms with Gasteiger partial charge in [-0.05, 0) is 26.0 Å². The number of aromatic nitrogens is 2. The molecule has 1 aromatic heterocycles. The monoisotopic (exact) mass is 303 g/mol. The average molecular weight is 303 g/mol. The lowest BCUT2D eigenvalue weighted by Gasteiger charge is -2.12. The van der Waals surface area contributed by atoms with Gasteiger partial charge in [-0.3, -0.25) is 4.99 Å². The van der Waals surface area contributed by atoms with Gasteiger partial charge in [0.15, 0.2) is 5.96 Å². The number of aliphatic imine (C=N–C) groups is 1. The highest BCUT2D eigenvalue weighted by atomic mass is 16.5. The van der Waals surface area contributed by atoms with Crippen molar-refractivity contribution in [3.05, 3.63) is 30.1 Å². The standard InChI is InChI=1S/C16H25N5O/c1-4-17-16(19-10-12-22-3)18-9-11-21-13(2)20-14-7-5-6-8-15(14)21/h5-8H,4,9-12H2,1-3H3,(H2,17,18,19). The number of imidazole rings is 1. The molecule has 22 heavy (non-hydrogen) atoms. The quantitative estimate of drug-likeness (QED) is 0.463. The number of nitrogens with one attached hydrogen (secondary N) is 2. The van der Waals surface area contributed by atoms with Gasteiger partial charge >= 0.3 is 0 Å². The molecule has 0 aliphatic carbocycles. The van der Waals surface area contributed by atoms with Crippen LogP contribution in [0.1, 0.15) is 12.7 Å². The summed E-state index contributed by atoms with van der Waals surface area (Å²) in [6.45, 7) is 7.85. The van der Waals surface area contributed by atoms with Crippen LogP contribution in [0.15, 0.2) is 29.3 Å². The van der Waals surface area contributed by atoms with Crippen LogP contribution in [0.2, 0.25) is 0 Å². The van der Waals surface area contributed by atoms with E-state index in [0.29, 0.717) is 13.2 Å². The number of benzene rings is 1. The number of nitrogens with zero attached hydrogens (tertiary/aromatic N) is 3. The second-order valence-electron chi connectivity index (χ2n) is 4.98. The second kappa shape index (κ2) is 8.38. The summed E-state index contributed by atoms with van der Waals surface area (Å²) in [7, 11) is 1.68. The minimum atomic E-state index is 0.627. The molecule has 0 radical (unpaired) electrons. The molecule has 0 spiro atoms. The first-order valence-corrected chi connectivity index (χ1v) is 7.69. The van der Waals surface area contributed by atoms with E-state index in [1.165, 1.54) is 5.52 Å². The van der Waals surface area contributed by atoms with E-state index in [0.717, 1.165) is 36.9 Å². The Hall–Kier alpha value is -2.08. The molecular weight excluding hydrogens is 278 g/mol. The number of ether oxygens (including phenoxy) is 1. The Kier molecular flexibility index (Phi) is 6.21. The molecule has 0 bridgehead atoms. The van der Waals surface area contributed by atoms with E-state index in [4.69, 9.17) is 4.74 Å². The van der Waals surface area contributed by atoms with Gasteiger partial charge in [0.1, 0.15) is 5.82 Å². The maximum atomic E-state index is 5.02. The van der Waals surface area contributed by atoms with Crippen LogP contribution < -0.4 is 10.6 Å². The summed E-state index contributed by atoms with van der Waals surface area (Å²) in [5, 5.41) is 6.58. The number of hydrogen-bond acceptors (Lipinski definition) is 3. The van der Waals surface area contributed by atoms with Crippen LogP contribution >= 0.6 is 0 Å². The minimum Gasteiger partial charge on any atom is -0.383 e. The number of rotatable bonds is 7. The molecular formula is C16H25N5O. The Bertz CT molecular complexity index is 620.